The van der Waals surface area contributed by atoms with Crippen LogP contribution in [0.2, 0.25) is 0 Å². The SMILES string of the molecule is CN(Cc1ccccc1C(F)(F)F)C(=O)C(=O)Nc1cccc(COc2ccc(CC#N)cc2)c1. The van der Waals surface area contributed by atoms with E-state index in [1.54, 1.807) is 48.5 Å². The Labute approximate surface area is 200 Å². The topological polar surface area (TPSA) is 82.4 Å². The van der Waals surface area contributed by atoms with Crippen LogP contribution in [-0.4, -0.2) is 23.8 Å². The van der Waals surface area contributed by atoms with Gasteiger partial charge in [0.05, 0.1) is 18.1 Å². The summed E-state index contributed by atoms with van der Waals surface area (Å²) in [6, 6.07) is 20.8. The molecule has 0 atom stereocenters. The minimum atomic E-state index is -4.57. The average Bonchev–Trinajstić information content (AvgIpc) is 2.83. The number of likely N-dealkylation sites (N-methyl/N-ethyl adjacent to an activating group) is 1. The van der Waals surface area contributed by atoms with Crippen LogP contribution in [0.4, 0.5) is 18.9 Å². The third-order valence-corrected chi connectivity index (χ3v) is 5.07. The number of halogens is 3. The highest BCUT2D eigenvalue weighted by Gasteiger charge is 2.33. The highest BCUT2D eigenvalue weighted by Crippen LogP contribution is 2.32. The zero-order valence-corrected chi connectivity index (χ0v) is 18.8. The van der Waals surface area contributed by atoms with Gasteiger partial charge in [0.15, 0.2) is 0 Å². The number of amides is 2. The maximum absolute atomic E-state index is 13.2. The van der Waals surface area contributed by atoms with Crippen molar-refractivity contribution in [3.8, 4) is 11.8 Å². The average molecular weight is 481 g/mol. The Morgan fingerprint density at radius 1 is 1.00 bits per heavy atom. The Balaban J connectivity index is 1.59. The van der Waals surface area contributed by atoms with Gasteiger partial charge >= 0.3 is 18.0 Å². The monoisotopic (exact) mass is 481 g/mol. The Kier molecular flexibility index (Phi) is 8.10. The Hall–Kier alpha value is -4.32. The lowest BCUT2D eigenvalue weighted by Gasteiger charge is -2.20. The molecule has 35 heavy (non-hydrogen) atoms. The third-order valence-electron chi connectivity index (χ3n) is 5.07. The molecule has 0 aromatic heterocycles. The lowest BCUT2D eigenvalue weighted by atomic mass is 10.1. The first-order valence-corrected chi connectivity index (χ1v) is 10.6. The van der Waals surface area contributed by atoms with Crippen molar-refractivity contribution in [2.24, 2.45) is 0 Å². The third kappa shape index (κ3) is 7.08. The number of rotatable bonds is 7. The van der Waals surface area contributed by atoms with Gasteiger partial charge in [-0.25, -0.2) is 0 Å². The number of hydrogen-bond acceptors (Lipinski definition) is 4. The van der Waals surface area contributed by atoms with Gasteiger partial charge in [0.2, 0.25) is 0 Å². The first kappa shape index (κ1) is 25.3. The lowest BCUT2D eigenvalue weighted by molar-refractivity contribution is -0.143. The molecule has 0 aliphatic rings. The predicted octanol–water partition coefficient (Wildman–Crippen LogP) is 4.95. The van der Waals surface area contributed by atoms with Gasteiger partial charge in [-0.3, -0.25) is 9.59 Å². The van der Waals surface area contributed by atoms with Crippen molar-refractivity contribution < 1.29 is 27.5 Å². The van der Waals surface area contributed by atoms with E-state index in [9.17, 15) is 22.8 Å². The van der Waals surface area contributed by atoms with Gasteiger partial charge in [-0.2, -0.15) is 18.4 Å². The maximum atomic E-state index is 13.2. The van der Waals surface area contributed by atoms with Gasteiger partial charge in [0, 0.05) is 19.3 Å². The summed E-state index contributed by atoms with van der Waals surface area (Å²) >= 11 is 0. The normalized spacial score (nSPS) is 10.8. The zero-order valence-electron chi connectivity index (χ0n) is 18.8. The molecule has 0 radical (unpaired) electrons. The summed E-state index contributed by atoms with van der Waals surface area (Å²) in [6.45, 7) is -0.174. The second-order valence-corrected chi connectivity index (χ2v) is 7.74. The molecule has 0 heterocycles. The highest BCUT2D eigenvalue weighted by molar-refractivity contribution is 6.39. The lowest BCUT2D eigenvalue weighted by Crippen LogP contribution is -2.37. The molecule has 3 aromatic rings. The van der Waals surface area contributed by atoms with E-state index >= 15 is 0 Å². The molecule has 0 saturated heterocycles. The second kappa shape index (κ2) is 11.2. The summed E-state index contributed by atoms with van der Waals surface area (Å²) in [6.07, 6.45) is -4.26. The van der Waals surface area contributed by atoms with Crippen molar-refractivity contribution in [2.75, 3.05) is 12.4 Å². The number of carbonyl (C=O) groups is 2. The molecule has 0 aliphatic carbocycles. The number of anilines is 1. The Morgan fingerprint density at radius 2 is 1.71 bits per heavy atom. The molecule has 0 unspecified atom stereocenters. The molecule has 3 aromatic carbocycles. The van der Waals surface area contributed by atoms with E-state index in [2.05, 4.69) is 11.4 Å². The predicted molar refractivity (Wildman–Crippen MR) is 123 cm³/mol. The summed E-state index contributed by atoms with van der Waals surface area (Å²) in [4.78, 5) is 25.8. The first-order chi connectivity index (χ1) is 16.7. The first-order valence-electron chi connectivity index (χ1n) is 10.6. The largest absolute Gasteiger partial charge is 0.489 e. The summed E-state index contributed by atoms with van der Waals surface area (Å²) in [5.41, 5.74) is 0.985. The quantitative estimate of drug-likeness (QED) is 0.485. The van der Waals surface area contributed by atoms with E-state index < -0.39 is 23.6 Å². The molecule has 0 fully saturated rings. The fourth-order valence-electron chi connectivity index (χ4n) is 3.32. The number of nitrogens with zero attached hydrogens (tertiary/aromatic N) is 2. The van der Waals surface area contributed by atoms with E-state index in [4.69, 9.17) is 10.00 Å². The van der Waals surface area contributed by atoms with Gasteiger partial charge < -0.3 is 15.0 Å². The van der Waals surface area contributed by atoms with Crippen LogP contribution in [0.3, 0.4) is 0 Å². The molecular weight excluding hydrogens is 459 g/mol. The number of alkyl halides is 3. The minimum Gasteiger partial charge on any atom is -0.489 e. The van der Waals surface area contributed by atoms with Crippen LogP contribution in [-0.2, 0) is 35.3 Å². The van der Waals surface area contributed by atoms with Crippen LogP contribution >= 0.6 is 0 Å². The number of nitrogens with one attached hydrogen (secondary N) is 1. The number of hydrogen-bond donors (Lipinski definition) is 1. The van der Waals surface area contributed by atoms with Crippen molar-refractivity contribution in [2.45, 2.75) is 25.7 Å². The van der Waals surface area contributed by atoms with Gasteiger partial charge in [0.1, 0.15) is 12.4 Å². The van der Waals surface area contributed by atoms with E-state index in [1.165, 1.54) is 25.2 Å². The van der Waals surface area contributed by atoms with Crippen LogP contribution in [0.1, 0.15) is 22.3 Å². The fourth-order valence-corrected chi connectivity index (χ4v) is 3.32. The van der Waals surface area contributed by atoms with E-state index in [-0.39, 0.29) is 18.7 Å². The van der Waals surface area contributed by atoms with E-state index in [1.807, 2.05) is 0 Å². The van der Waals surface area contributed by atoms with Crippen LogP contribution in [0.15, 0.2) is 72.8 Å². The summed E-state index contributed by atoms with van der Waals surface area (Å²) in [5, 5.41) is 11.2. The zero-order chi connectivity index (χ0) is 25.4. The van der Waals surface area contributed by atoms with Crippen LogP contribution in [0, 0.1) is 11.3 Å². The highest BCUT2D eigenvalue weighted by atomic mass is 19.4. The smallest absolute Gasteiger partial charge is 0.416 e. The van der Waals surface area contributed by atoms with Crippen molar-refractivity contribution in [3.63, 3.8) is 0 Å². The molecule has 0 aliphatic heterocycles. The standard InChI is InChI=1S/C26H22F3N3O3/c1-32(16-20-6-2-3-8-23(20)26(27,28)29)25(34)24(33)31-21-7-4-5-19(15-21)17-35-22-11-9-18(10-12-22)13-14-30/h2-12,15H,13,16-17H2,1H3,(H,31,33). The van der Waals surface area contributed by atoms with Crippen molar-refractivity contribution in [1.82, 2.24) is 4.90 Å². The molecule has 6 nitrogen and oxygen atoms in total. The summed E-state index contributed by atoms with van der Waals surface area (Å²) < 4.78 is 45.3. The van der Waals surface area contributed by atoms with Crippen LogP contribution < -0.4 is 10.1 Å². The maximum Gasteiger partial charge on any atom is 0.416 e. The minimum absolute atomic E-state index is 0.108. The number of nitriles is 1. The molecule has 180 valence electrons. The molecular formula is C26H22F3N3O3. The molecule has 2 amide bonds. The van der Waals surface area contributed by atoms with E-state index in [0.29, 0.717) is 17.9 Å². The number of carbonyl (C=O) groups excluding carboxylic acids is 2. The van der Waals surface area contributed by atoms with Crippen LogP contribution in [0.5, 0.6) is 5.75 Å². The number of ether oxygens (including phenoxy) is 1. The second-order valence-electron chi connectivity index (χ2n) is 7.74. The van der Waals surface area contributed by atoms with Gasteiger partial charge in [-0.15, -0.1) is 0 Å². The molecule has 0 saturated carbocycles. The van der Waals surface area contributed by atoms with Gasteiger partial charge in [0.25, 0.3) is 0 Å². The molecule has 0 bridgehead atoms. The molecule has 0 spiro atoms. The number of benzene rings is 3. The van der Waals surface area contributed by atoms with Gasteiger partial charge in [-0.1, -0.05) is 42.5 Å². The Bertz CT molecular complexity index is 1230. The molecule has 1 N–H and O–H groups in total. The van der Waals surface area contributed by atoms with Crippen molar-refractivity contribution >= 4 is 17.5 Å². The van der Waals surface area contributed by atoms with Crippen molar-refractivity contribution in [1.29, 1.82) is 5.26 Å². The Morgan fingerprint density at radius 3 is 2.40 bits per heavy atom. The van der Waals surface area contributed by atoms with Crippen molar-refractivity contribution in [3.05, 3.63) is 95.1 Å². The molecule has 9 heteroatoms. The van der Waals surface area contributed by atoms with E-state index in [0.717, 1.165) is 22.1 Å². The molecule has 3 rings (SSSR count). The summed E-state index contributed by atoms with van der Waals surface area (Å²) in [7, 11) is 1.27. The summed E-state index contributed by atoms with van der Waals surface area (Å²) in [5.74, 6) is -1.33. The fraction of sp³-hybridized carbons (Fsp3) is 0.192. The van der Waals surface area contributed by atoms with Crippen LogP contribution in [0.25, 0.3) is 0 Å². The van der Waals surface area contributed by atoms with Gasteiger partial charge in [-0.05, 0) is 47.0 Å².